The number of benzene rings is 2. The molecule has 0 aliphatic carbocycles. The first-order valence-electron chi connectivity index (χ1n) is 9.34. The molecule has 0 saturated heterocycles. The topological polar surface area (TPSA) is 77.4 Å². The van der Waals surface area contributed by atoms with E-state index in [-0.39, 0.29) is 17.9 Å². The van der Waals surface area contributed by atoms with Crippen LogP contribution in [0.4, 0.5) is 5.69 Å². The van der Waals surface area contributed by atoms with Gasteiger partial charge in [-0.15, -0.1) is 0 Å². The van der Waals surface area contributed by atoms with E-state index in [9.17, 15) is 9.90 Å². The lowest BCUT2D eigenvalue weighted by atomic mass is 10.1. The number of carbonyl (C=O) groups excluding carboxylic acids is 1. The summed E-state index contributed by atoms with van der Waals surface area (Å²) in [6.45, 7) is 3.90. The molecular formula is C23H23NO5S. The molecule has 2 aromatic rings. The number of aryl methyl sites for hydroxylation is 1. The predicted molar refractivity (Wildman–Crippen MR) is 120 cm³/mol. The molecule has 0 radical (unpaired) electrons. The first kappa shape index (κ1) is 21.5. The van der Waals surface area contributed by atoms with Crippen molar-refractivity contribution in [3.8, 4) is 11.5 Å². The maximum absolute atomic E-state index is 12.5. The Bertz CT molecular complexity index is 1020. The van der Waals surface area contributed by atoms with Gasteiger partial charge < -0.3 is 19.3 Å². The predicted octanol–water partition coefficient (Wildman–Crippen LogP) is 5.21. The molecule has 3 rings (SSSR count). The zero-order valence-corrected chi connectivity index (χ0v) is 18.1. The fraction of sp³-hybridized carbons (Fsp3) is 0.217. The third kappa shape index (κ3) is 4.86. The molecule has 2 aromatic carbocycles. The van der Waals surface area contributed by atoms with Crippen LogP contribution in [0.15, 0.2) is 63.7 Å². The van der Waals surface area contributed by atoms with Gasteiger partial charge in [-0.2, -0.15) is 0 Å². The highest BCUT2D eigenvalue weighted by Gasteiger charge is 2.33. The molecule has 156 valence electrons. The van der Waals surface area contributed by atoms with Crippen molar-refractivity contribution in [2.45, 2.75) is 13.8 Å². The number of aliphatic hydroxyl groups excluding tert-OH is 1. The second kappa shape index (κ2) is 9.54. The summed E-state index contributed by atoms with van der Waals surface area (Å²) < 4.78 is 15.7. The Morgan fingerprint density at radius 3 is 2.30 bits per heavy atom. The lowest BCUT2D eigenvalue weighted by Gasteiger charge is -2.06. The molecule has 0 saturated carbocycles. The van der Waals surface area contributed by atoms with E-state index in [0.717, 1.165) is 11.1 Å². The van der Waals surface area contributed by atoms with Crippen LogP contribution in [0.25, 0.3) is 6.08 Å². The van der Waals surface area contributed by atoms with E-state index in [2.05, 4.69) is 4.99 Å². The fourth-order valence-corrected chi connectivity index (χ4v) is 3.83. The van der Waals surface area contributed by atoms with Crippen molar-refractivity contribution >= 4 is 34.5 Å². The van der Waals surface area contributed by atoms with Crippen molar-refractivity contribution in [1.82, 2.24) is 0 Å². The number of hydrogen-bond donors (Lipinski definition) is 1. The molecule has 0 fully saturated rings. The quantitative estimate of drug-likeness (QED) is 0.641. The monoisotopic (exact) mass is 425 g/mol. The van der Waals surface area contributed by atoms with Gasteiger partial charge in [-0.3, -0.25) is 0 Å². The van der Waals surface area contributed by atoms with Gasteiger partial charge in [0.15, 0.2) is 0 Å². The number of hydrogen-bond acceptors (Lipinski definition) is 7. The number of thioether (sulfide) groups is 1. The Morgan fingerprint density at radius 2 is 1.73 bits per heavy atom. The van der Waals surface area contributed by atoms with Gasteiger partial charge in [0.1, 0.15) is 27.9 Å². The van der Waals surface area contributed by atoms with Gasteiger partial charge in [0.25, 0.3) is 0 Å². The van der Waals surface area contributed by atoms with Crippen LogP contribution in [0.1, 0.15) is 18.1 Å². The van der Waals surface area contributed by atoms with E-state index >= 15 is 0 Å². The number of methoxy groups -OCH3 is 2. The SMILES string of the molecule is CCOC(=O)C1=C(O)C(=Cc2cc(OC)cc(OC)c2)SC1=Nc1ccc(C)cc1. The van der Waals surface area contributed by atoms with E-state index in [1.54, 1.807) is 33.3 Å². The molecule has 0 unspecified atom stereocenters. The summed E-state index contributed by atoms with van der Waals surface area (Å²) in [6, 6.07) is 13.0. The molecule has 7 heteroatoms. The van der Waals surface area contributed by atoms with Gasteiger partial charge in [-0.05, 0) is 49.8 Å². The van der Waals surface area contributed by atoms with Crippen molar-refractivity contribution < 1.29 is 24.1 Å². The molecule has 1 N–H and O–H groups in total. The summed E-state index contributed by atoms with van der Waals surface area (Å²) in [6.07, 6.45) is 1.75. The average Bonchev–Trinajstić information content (AvgIpc) is 3.04. The van der Waals surface area contributed by atoms with Crippen LogP contribution >= 0.6 is 11.8 Å². The molecule has 0 atom stereocenters. The zero-order chi connectivity index (χ0) is 21.7. The van der Waals surface area contributed by atoms with Crippen molar-refractivity contribution in [2.75, 3.05) is 20.8 Å². The van der Waals surface area contributed by atoms with Gasteiger partial charge in [0.05, 0.1) is 31.4 Å². The van der Waals surface area contributed by atoms with Gasteiger partial charge in [0.2, 0.25) is 0 Å². The maximum atomic E-state index is 12.5. The first-order chi connectivity index (χ1) is 14.4. The first-order valence-corrected chi connectivity index (χ1v) is 10.2. The number of aliphatic hydroxyl groups is 1. The molecule has 0 bridgehead atoms. The van der Waals surface area contributed by atoms with Crippen LogP contribution in [-0.4, -0.2) is 36.9 Å². The van der Waals surface area contributed by atoms with E-state index < -0.39 is 5.97 Å². The minimum Gasteiger partial charge on any atom is -0.506 e. The zero-order valence-electron chi connectivity index (χ0n) is 17.3. The summed E-state index contributed by atoms with van der Waals surface area (Å²) in [5.74, 6) is 0.463. The highest BCUT2D eigenvalue weighted by atomic mass is 32.2. The second-order valence-corrected chi connectivity index (χ2v) is 7.48. The smallest absolute Gasteiger partial charge is 0.344 e. The summed E-state index contributed by atoms with van der Waals surface area (Å²) in [4.78, 5) is 17.6. The molecule has 30 heavy (non-hydrogen) atoms. The normalized spacial score (nSPS) is 16.3. The Labute approximate surface area is 179 Å². The molecule has 0 spiro atoms. The van der Waals surface area contributed by atoms with Crippen LogP contribution in [-0.2, 0) is 9.53 Å². The van der Waals surface area contributed by atoms with Crippen LogP contribution in [0.3, 0.4) is 0 Å². The van der Waals surface area contributed by atoms with E-state index in [1.807, 2.05) is 43.3 Å². The van der Waals surface area contributed by atoms with Crippen LogP contribution in [0.2, 0.25) is 0 Å². The Hall–Kier alpha value is -3.19. The molecule has 6 nitrogen and oxygen atoms in total. The van der Waals surface area contributed by atoms with E-state index in [1.165, 1.54) is 11.8 Å². The number of ether oxygens (including phenoxy) is 3. The third-order valence-electron chi connectivity index (χ3n) is 4.31. The average molecular weight is 426 g/mol. The second-order valence-electron chi connectivity index (χ2n) is 6.45. The number of rotatable bonds is 6. The maximum Gasteiger partial charge on any atom is 0.344 e. The largest absolute Gasteiger partial charge is 0.506 e. The number of nitrogens with zero attached hydrogens (tertiary/aromatic N) is 1. The number of aliphatic imine (C=N–C) groups is 1. The van der Waals surface area contributed by atoms with Gasteiger partial charge >= 0.3 is 5.97 Å². The minimum absolute atomic E-state index is 0.0588. The number of carbonyl (C=O) groups is 1. The van der Waals surface area contributed by atoms with Crippen LogP contribution < -0.4 is 9.47 Å². The van der Waals surface area contributed by atoms with Gasteiger partial charge in [-0.25, -0.2) is 9.79 Å². The van der Waals surface area contributed by atoms with Crippen molar-refractivity contribution in [3.63, 3.8) is 0 Å². The molecule has 1 aliphatic heterocycles. The van der Waals surface area contributed by atoms with Crippen molar-refractivity contribution in [2.24, 2.45) is 4.99 Å². The Morgan fingerprint density at radius 1 is 1.10 bits per heavy atom. The summed E-state index contributed by atoms with van der Waals surface area (Å²) in [5.41, 5.74) is 2.60. The summed E-state index contributed by atoms with van der Waals surface area (Å²) in [5, 5.41) is 11.2. The molecule has 0 aromatic heterocycles. The van der Waals surface area contributed by atoms with Crippen molar-refractivity contribution in [1.29, 1.82) is 0 Å². The van der Waals surface area contributed by atoms with E-state index in [0.29, 0.717) is 27.1 Å². The lowest BCUT2D eigenvalue weighted by Crippen LogP contribution is -2.12. The standard InChI is InChI=1S/C23H23NO5S/c1-5-29-23(26)20-21(25)19(12-15-10-17(27-3)13-18(11-15)28-4)30-22(20)24-16-8-6-14(2)7-9-16/h6-13,25H,5H2,1-4H3. The third-order valence-corrected chi connectivity index (χ3v) is 5.33. The van der Waals surface area contributed by atoms with E-state index in [4.69, 9.17) is 14.2 Å². The fourth-order valence-electron chi connectivity index (χ4n) is 2.79. The summed E-state index contributed by atoms with van der Waals surface area (Å²) in [7, 11) is 3.14. The molecule has 1 aliphatic rings. The highest BCUT2D eigenvalue weighted by molar-refractivity contribution is 8.18. The molecule has 0 amide bonds. The summed E-state index contributed by atoms with van der Waals surface area (Å²) >= 11 is 1.21. The van der Waals surface area contributed by atoms with Crippen LogP contribution in [0, 0.1) is 6.92 Å². The van der Waals surface area contributed by atoms with Gasteiger partial charge in [0, 0.05) is 6.07 Å². The highest BCUT2D eigenvalue weighted by Crippen LogP contribution is 2.40. The molecular weight excluding hydrogens is 402 g/mol. The van der Waals surface area contributed by atoms with Crippen LogP contribution in [0.5, 0.6) is 11.5 Å². The van der Waals surface area contributed by atoms with Gasteiger partial charge in [-0.1, -0.05) is 29.5 Å². The number of esters is 1. The Balaban J connectivity index is 2.05. The Kier molecular flexibility index (Phi) is 6.84. The van der Waals surface area contributed by atoms with Crippen molar-refractivity contribution in [3.05, 3.63) is 69.8 Å². The lowest BCUT2D eigenvalue weighted by molar-refractivity contribution is -0.138. The molecule has 1 heterocycles. The minimum atomic E-state index is -0.611.